The lowest BCUT2D eigenvalue weighted by atomic mass is 9.98. The normalized spacial score (nSPS) is 18.7. The van der Waals surface area contributed by atoms with Gasteiger partial charge in [-0.1, -0.05) is 0 Å². The zero-order chi connectivity index (χ0) is 25.9. The SMILES string of the molecule is N#CCC(=O)N1CCC[C@@H](Nc2nc(-c3cnc4ccc(F)cn34)nc(N3CCC(CO)CC3)c2F)C1. The summed E-state index contributed by atoms with van der Waals surface area (Å²) in [4.78, 5) is 29.0. The van der Waals surface area contributed by atoms with Crippen LogP contribution in [0.5, 0.6) is 0 Å². The van der Waals surface area contributed by atoms with E-state index >= 15 is 4.39 Å². The topological polar surface area (TPSA) is 123 Å². The van der Waals surface area contributed by atoms with Crippen LogP contribution < -0.4 is 10.2 Å². The molecule has 3 aromatic rings. The Labute approximate surface area is 212 Å². The number of hydrogen-bond donors (Lipinski definition) is 2. The molecule has 2 aliphatic heterocycles. The minimum Gasteiger partial charge on any atom is -0.396 e. The fourth-order valence-corrected chi connectivity index (χ4v) is 5.00. The monoisotopic (exact) mass is 510 g/mol. The standard InChI is InChI=1S/C25H28F2N8O2/c26-17-3-4-20-29-12-19(35(20)13-17)23-31-24(30-18-2-1-9-34(14-18)21(37)5-8-28)22(27)25(32-23)33-10-6-16(15-36)7-11-33/h3-4,12-13,16,18,36H,1-2,5-7,9-11,14-15H2,(H,30,31,32)/t18-/m1/s1. The van der Waals surface area contributed by atoms with Crippen LogP contribution in [-0.4, -0.2) is 74.1 Å². The Kier molecular flexibility index (Phi) is 7.14. The Hall–Kier alpha value is -3.85. The zero-order valence-corrected chi connectivity index (χ0v) is 20.3. The third-order valence-corrected chi connectivity index (χ3v) is 7.05. The molecule has 12 heteroatoms. The van der Waals surface area contributed by atoms with E-state index in [0.717, 1.165) is 0 Å². The fraction of sp³-hybridized carbons (Fsp3) is 0.480. The van der Waals surface area contributed by atoms with Crippen LogP contribution >= 0.6 is 0 Å². The molecule has 2 aliphatic rings. The van der Waals surface area contributed by atoms with Crippen molar-refractivity contribution in [3.63, 3.8) is 0 Å². The molecule has 2 saturated heterocycles. The van der Waals surface area contributed by atoms with Crippen molar-refractivity contribution < 1.29 is 18.7 Å². The number of halogens is 2. The van der Waals surface area contributed by atoms with E-state index in [1.165, 1.54) is 28.9 Å². The molecule has 0 spiro atoms. The van der Waals surface area contributed by atoms with E-state index in [1.54, 1.807) is 4.90 Å². The quantitative estimate of drug-likeness (QED) is 0.519. The molecule has 5 rings (SSSR count). The maximum absolute atomic E-state index is 15.9. The third-order valence-electron chi connectivity index (χ3n) is 7.05. The van der Waals surface area contributed by atoms with Gasteiger partial charge in [0.15, 0.2) is 17.5 Å². The Morgan fingerprint density at radius 2 is 2.00 bits per heavy atom. The molecule has 0 aromatic carbocycles. The number of nitrogens with zero attached hydrogens (tertiary/aromatic N) is 7. The number of aromatic nitrogens is 4. The van der Waals surface area contributed by atoms with Gasteiger partial charge in [0, 0.05) is 45.0 Å². The van der Waals surface area contributed by atoms with Crippen LogP contribution in [0.2, 0.25) is 0 Å². The van der Waals surface area contributed by atoms with Crippen molar-refractivity contribution >= 4 is 23.2 Å². The summed E-state index contributed by atoms with van der Waals surface area (Å²) in [5.41, 5.74) is 0.918. The number of pyridine rings is 1. The molecule has 194 valence electrons. The van der Waals surface area contributed by atoms with Crippen molar-refractivity contribution in [3.8, 4) is 17.6 Å². The van der Waals surface area contributed by atoms with Gasteiger partial charge < -0.3 is 20.2 Å². The largest absolute Gasteiger partial charge is 0.396 e. The number of hydrogen-bond acceptors (Lipinski definition) is 8. The predicted molar refractivity (Wildman–Crippen MR) is 132 cm³/mol. The van der Waals surface area contributed by atoms with E-state index in [2.05, 4.69) is 20.3 Å². The number of anilines is 2. The Morgan fingerprint density at radius 1 is 1.19 bits per heavy atom. The number of piperidine rings is 2. The predicted octanol–water partition coefficient (Wildman–Crippen LogP) is 2.59. The van der Waals surface area contributed by atoms with E-state index in [-0.39, 0.29) is 48.4 Å². The van der Waals surface area contributed by atoms with Gasteiger partial charge in [0.2, 0.25) is 11.7 Å². The Morgan fingerprint density at radius 3 is 2.76 bits per heavy atom. The average Bonchev–Trinajstić information content (AvgIpc) is 3.33. The number of nitrogens with one attached hydrogen (secondary N) is 1. The summed E-state index contributed by atoms with van der Waals surface area (Å²) in [6.07, 6.45) is 5.43. The molecule has 0 radical (unpaired) electrons. The summed E-state index contributed by atoms with van der Waals surface area (Å²) >= 11 is 0. The van der Waals surface area contributed by atoms with Crippen LogP contribution in [-0.2, 0) is 4.79 Å². The van der Waals surface area contributed by atoms with Crippen LogP contribution in [0.4, 0.5) is 20.4 Å². The smallest absolute Gasteiger partial charge is 0.236 e. The van der Waals surface area contributed by atoms with Gasteiger partial charge in [-0.15, -0.1) is 0 Å². The molecule has 3 aromatic heterocycles. The second-order valence-corrected chi connectivity index (χ2v) is 9.52. The van der Waals surface area contributed by atoms with Crippen molar-refractivity contribution in [2.45, 2.75) is 38.1 Å². The van der Waals surface area contributed by atoms with E-state index in [4.69, 9.17) is 5.26 Å². The highest BCUT2D eigenvalue weighted by molar-refractivity contribution is 5.78. The molecule has 10 nitrogen and oxygen atoms in total. The average molecular weight is 511 g/mol. The van der Waals surface area contributed by atoms with Crippen LogP contribution in [0, 0.1) is 28.9 Å². The summed E-state index contributed by atoms with van der Waals surface area (Å²) in [7, 11) is 0. The molecule has 0 aliphatic carbocycles. The number of aliphatic hydroxyl groups is 1. The highest BCUT2D eigenvalue weighted by atomic mass is 19.1. The molecule has 2 N–H and O–H groups in total. The number of amides is 1. The van der Waals surface area contributed by atoms with Gasteiger partial charge in [-0.25, -0.2) is 19.3 Å². The highest BCUT2D eigenvalue weighted by Gasteiger charge is 2.29. The van der Waals surface area contributed by atoms with Crippen molar-refractivity contribution in [1.82, 2.24) is 24.3 Å². The van der Waals surface area contributed by atoms with Crippen molar-refractivity contribution in [3.05, 3.63) is 36.2 Å². The number of likely N-dealkylation sites (tertiary alicyclic amines) is 1. The third kappa shape index (κ3) is 5.17. The van der Waals surface area contributed by atoms with Gasteiger partial charge in [-0.05, 0) is 43.7 Å². The van der Waals surface area contributed by atoms with Crippen LogP contribution in [0.15, 0.2) is 24.5 Å². The summed E-state index contributed by atoms with van der Waals surface area (Å²) < 4.78 is 31.4. The second-order valence-electron chi connectivity index (χ2n) is 9.52. The first kappa shape index (κ1) is 24.8. The van der Waals surface area contributed by atoms with Gasteiger partial charge in [0.05, 0.1) is 12.3 Å². The minimum absolute atomic E-state index is 0.00443. The maximum atomic E-state index is 15.9. The van der Waals surface area contributed by atoms with E-state index in [0.29, 0.717) is 63.2 Å². The Bertz CT molecular complexity index is 1330. The molecule has 1 atom stereocenters. The van der Waals surface area contributed by atoms with Crippen LogP contribution in [0.1, 0.15) is 32.1 Å². The van der Waals surface area contributed by atoms with Crippen LogP contribution in [0.3, 0.4) is 0 Å². The molecule has 0 saturated carbocycles. The number of carbonyl (C=O) groups is 1. The summed E-state index contributed by atoms with van der Waals surface area (Å²) in [6.45, 7) is 2.03. The van der Waals surface area contributed by atoms with Gasteiger partial charge in [0.1, 0.15) is 23.6 Å². The fourth-order valence-electron chi connectivity index (χ4n) is 5.00. The number of nitriles is 1. The Balaban J connectivity index is 1.50. The van der Waals surface area contributed by atoms with E-state index < -0.39 is 11.6 Å². The number of carbonyl (C=O) groups excluding carboxylic acids is 1. The molecular weight excluding hydrogens is 482 g/mol. The van der Waals surface area contributed by atoms with Crippen LogP contribution in [0.25, 0.3) is 17.2 Å². The van der Waals surface area contributed by atoms with E-state index in [9.17, 15) is 14.3 Å². The number of rotatable bonds is 6. The number of aliphatic hydroxyl groups excluding tert-OH is 1. The van der Waals surface area contributed by atoms with Crippen molar-refractivity contribution in [1.29, 1.82) is 5.26 Å². The summed E-state index contributed by atoms with van der Waals surface area (Å²) in [5, 5.41) is 21.5. The molecule has 0 unspecified atom stereocenters. The molecule has 5 heterocycles. The first-order valence-electron chi connectivity index (χ1n) is 12.4. The molecule has 37 heavy (non-hydrogen) atoms. The van der Waals surface area contributed by atoms with Crippen molar-refractivity contribution in [2.24, 2.45) is 5.92 Å². The first-order chi connectivity index (χ1) is 18.0. The number of imidazole rings is 1. The first-order valence-corrected chi connectivity index (χ1v) is 12.4. The second kappa shape index (κ2) is 10.6. The molecule has 0 bridgehead atoms. The highest BCUT2D eigenvalue weighted by Crippen LogP contribution is 2.31. The molecule has 1 amide bonds. The maximum Gasteiger partial charge on any atom is 0.236 e. The van der Waals surface area contributed by atoms with Gasteiger partial charge in [0.25, 0.3) is 0 Å². The minimum atomic E-state index is -0.605. The lowest BCUT2D eigenvalue weighted by Gasteiger charge is -2.34. The van der Waals surface area contributed by atoms with Gasteiger partial charge in [-0.3, -0.25) is 9.20 Å². The van der Waals surface area contributed by atoms with E-state index in [1.807, 2.05) is 11.0 Å². The summed E-state index contributed by atoms with van der Waals surface area (Å²) in [5.74, 6) is -0.833. The number of fused-ring (bicyclic) bond motifs is 1. The lowest BCUT2D eigenvalue weighted by molar-refractivity contribution is -0.131. The summed E-state index contributed by atoms with van der Waals surface area (Å²) in [6, 6.07) is 4.47. The van der Waals surface area contributed by atoms with Gasteiger partial charge in [-0.2, -0.15) is 9.65 Å². The lowest BCUT2D eigenvalue weighted by Crippen LogP contribution is -2.45. The molecule has 2 fully saturated rings. The van der Waals surface area contributed by atoms with Gasteiger partial charge >= 0.3 is 0 Å². The molecular formula is C25H28F2N8O2. The zero-order valence-electron chi connectivity index (χ0n) is 20.3. The van der Waals surface area contributed by atoms with Crippen molar-refractivity contribution in [2.75, 3.05) is 43.0 Å².